The Morgan fingerprint density at radius 1 is 1.53 bits per heavy atom. The zero-order chi connectivity index (χ0) is 10.8. The minimum atomic E-state index is -0.338. The number of aromatic nitrogens is 2. The van der Waals surface area contributed by atoms with E-state index in [2.05, 4.69) is 9.72 Å². The van der Waals surface area contributed by atoms with Crippen LogP contribution in [0.4, 0.5) is 0 Å². The van der Waals surface area contributed by atoms with Gasteiger partial charge >= 0.3 is 5.97 Å². The van der Waals surface area contributed by atoms with Crippen LogP contribution in [-0.2, 0) is 16.0 Å². The molecule has 1 N–H and O–H groups in total. The number of nitrogens with zero attached hydrogens (tertiary/aromatic N) is 1. The average molecular weight is 206 g/mol. The number of hydrogen-bond acceptors (Lipinski definition) is 3. The number of esters is 1. The van der Waals surface area contributed by atoms with Crippen molar-refractivity contribution in [1.29, 1.82) is 0 Å². The molecule has 5 heteroatoms. The van der Waals surface area contributed by atoms with E-state index in [4.69, 9.17) is 0 Å². The van der Waals surface area contributed by atoms with Gasteiger partial charge in [-0.1, -0.05) is 6.07 Å². The number of hydrogen-bond donors (Lipinski definition) is 1. The van der Waals surface area contributed by atoms with Crippen LogP contribution in [0, 0.1) is 0 Å². The van der Waals surface area contributed by atoms with Gasteiger partial charge in [0.05, 0.1) is 13.5 Å². The van der Waals surface area contributed by atoms with E-state index in [1.54, 1.807) is 18.3 Å². The zero-order valence-electron chi connectivity index (χ0n) is 8.19. The highest BCUT2D eigenvalue weighted by Crippen LogP contribution is 2.02. The van der Waals surface area contributed by atoms with E-state index in [9.17, 15) is 9.59 Å². The molecule has 2 aromatic rings. The lowest BCUT2D eigenvalue weighted by atomic mass is 10.3. The fraction of sp³-hybridized carbons (Fsp3) is 0.200. The quantitative estimate of drug-likeness (QED) is 0.721. The van der Waals surface area contributed by atoms with Crippen molar-refractivity contribution in [3.8, 4) is 0 Å². The summed E-state index contributed by atoms with van der Waals surface area (Å²) in [4.78, 5) is 25.4. The molecule has 0 amide bonds. The highest BCUT2D eigenvalue weighted by atomic mass is 16.5. The maximum atomic E-state index is 11.4. The smallest absolute Gasteiger partial charge is 0.311 e. The molecule has 2 aromatic heterocycles. The Hall–Kier alpha value is -2.04. The topological polar surface area (TPSA) is 63.6 Å². The second kappa shape index (κ2) is 3.61. The van der Waals surface area contributed by atoms with Crippen LogP contribution in [0.25, 0.3) is 5.65 Å². The van der Waals surface area contributed by atoms with Crippen LogP contribution in [0.5, 0.6) is 0 Å². The Bertz CT molecular complexity index is 553. The summed E-state index contributed by atoms with van der Waals surface area (Å²) in [5.41, 5.74) is 1.20. The first-order valence-corrected chi connectivity index (χ1v) is 4.47. The lowest BCUT2D eigenvalue weighted by Gasteiger charge is -1.93. The molecule has 0 aliphatic carbocycles. The summed E-state index contributed by atoms with van der Waals surface area (Å²) in [5.74, 6) is -0.338. The predicted molar refractivity (Wildman–Crippen MR) is 53.7 cm³/mol. The van der Waals surface area contributed by atoms with Gasteiger partial charge in [-0.3, -0.25) is 14.0 Å². The van der Waals surface area contributed by atoms with Crippen LogP contribution in [0.1, 0.15) is 5.69 Å². The number of carbonyl (C=O) groups excluding carboxylic acids is 1. The minimum Gasteiger partial charge on any atom is -0.469 e. The van der Waals surface area contributed by atoms with Gasteiger partial charge in [0.15, 0.2) is 0 Å². The number of rotatable bonds is 2. The molecule has 0 saturated carbocycles. The molecule has 0 aliphatic rings. The second-order valence-electron chi connectivity index (χ2n) is 3.15. The summed E-state index contributed by atoms with van der Waals surface area (Å²) in [5, 5.41) is 0. The summed E-state index contributed by atoms with van der Waals surface area (Å²) in [6.45, 7) is 0. The number of imidazole rings is 1. The Labute approximate surface area is 85.3 Å². The summed E-state index contributed by atoms with van der Waals surface area (Å²) >= 11 is 0. The number of fused-ring (bicyclic) bond motifs is 1. The van der Waals surface area contributed by atoms with E-state index in [1.165, 1.54) is 17.6 Å². The molecule has 0 saturated heterocycles. The third-order valence-corrected chi connectivity index (χ3v) is 2.13. The predicted octanol–water partition coefficient (Wildman–Crippen LogP) is 0.343. The van der Waals surface area contributed by atoms with Crippen molar-refractivity contribution in [2.45, 2.75) is 6.42 Å². The van der Waals surface area contributed by atoms with Crippen molar-refractivity contribution in [1.82, 2.24) is 9.38 Å². The fourth-order valence-corrected chi connectivity index (χ4v) is 1.41. The number of H-pyrrole nitrogens is 1. The number of methoxy groups -OCH3 is 1. The molecule has 78 valence electrons. The standard InChI is InChI=1S/C10H10N2O3/c1-15-10(14)5-7-6-12-8(11-7)3-2-4-9(12)13/h2-4,6,11H,5H2,1H3. The third-order valence-electron chi connectivity index (χ3n) is 2.13. The molecular formula is C10H10N2O3. The van der Waals surface area contributed by atoms with Gasteiger partial charge in [-0.05, 0) is 6.07 Å². The highest BCUT2D eigenvalue weighted by Gasteiger charge is 2.06. The summed E-state index contributed by atoms with van der Waals surface area (Å²) < 4.78 is 5.99. The zero-order valence-corrected chi connectivity index (χ0v) is 8.19. The molecule has 0 aromatic carbocycles. The van der Waals surface area contributed by atoms with Gasteiger partial charge < -0.3 is 9.72 Å². The van der Waals surface area contributed by atoms with Crippen molar-refractivity contribution < 1.29 is 9.53 Å². The molecular weight excluding hydrogens is 196 g/mol. The molecule has 0 radical (unpaired) electrons. The number of carbonyl (C=O) groups is 1. The van der Waals surface area contributed by atoms with Gasteiger partial charge in [-0.25, -0.2) is 0 Å². The molecule has 0 bridgehead atoms. The fourth-order valence-electron chi connectivity index (χ4n) is 1.41. The van der Waals surface area contributed by atoms with Crippen molar-refractivity contribution in [2.24, 2.45) is 0 Å². The number of ether oxygens (including phenoxy) is 1. The van der Waals surface area contributed by atoms with Crippen LogP contribution >= 0.6 is 0 Å². The van der Waals surface area contributed by atoms with Gasteiger partial charge in [-0.2, -0.15) is 0 Å². The van der Waals surface area contributed by atoms with Crippen LogP contribution < -0.4 is 5.56 Å². The van der Waals surface area contributed by atoms with Crippen molar-refractivity contribution >= 4 is 11.6 Å². The molecule has 0 spiro atoms. The van der Waals surface area contributed by atoms with Crippen LogP contribution in [0.15, 0.2) is 29.2 Å². The largest absolute Gasteiger partial charge is 0.469 e. The van der Waals surface area contributed by atoms with Crippen molar-refractivity contribution in [2.75, 3.05) is 7.11 Å². The molecule has 0 atom stereocenters. The van der Waals surface area contributed by atoms with Gasteiger partial charge in [0.1, 0.15) is 5.65 Å². The lowest BCUT2D eigenvalue weighted by Crippen LogP contribution is -2.08. The Kier molecular flexibility index (Phi) is 2.29. The van der Waals surface area contributed by atoms with E-state index < -0.39 is 0 Å². The third kappa shape index (κ3) is 1.76. The molecule has 15 heavy (non-hydrogen) atoms. The molecule has 2 heterocycles. The SMILES string of the molecule is COC(=O)Cc1cn2c(=O)cccc2[nH]1. The average Bonchev–Trinajstić information content (AvgIpc) is 2.62. The van der Waals surface area contributed by atoms with E-state index in [0.29, 0.717) is 11.3 Å². The van der Waals surface area contributed by atoms with E-state index in [1.807, 2.05) is 0 Å². The molecule has 0 fully saturated rings. The highest BCUT2D eigenvalue weighted by molar-refractivity contribution is 5.72. The van der Waals surface area contributed by atoms with E-state index in [0.717, 1.165) is 0 Å². The molecule has 0 aliphatic heterocycles. The maximum Gasteiger partial charge on any atom is 0.311 e. The number of aromatic amines is 1. The van der Waals surface area contributed by atoms with Crippen molar-refractivity contribution in [3.63, 3.8) is 0 Å². The van der Waals surface area contributed by atoms with Crippen LogP contribution in [0.2, 0.25) is 0 Å². The molecule has 5 nitrogen and oxygen atoms in total. The first-order chi connectivity index (χ1) is 7.20. The summed E-state index contributed by atoms with van der Waals surface area (Å²) in [6.07, 6.45) is 1.74. The van der Waals surface area contributed by atoms with Gasteiger partial charge in [0.25, 0.3) is 5.56 Å². The summed E-state index contributed by atoms with van der Waals surface area (Å²) in [7, 11) is 1.33. The normalized spacial score (nSPS) is 10.5. The number of nitrogens with one attached hydrogen (secondary N) is 1. The van der Waals surface area contributed by atoms with Crippen LogP contribution in [-0.4, -0.2) is 22.5 Å². The van der Waals surface area contributed by atoms with Gasteiger partial charge in [-0.15, -0.1) is 0 Å². The van der Waals surface area contributed by atoms with Crippen LogP contribution in [0.3, 0.4) is 0 Å². The Morgan fingerprint density at radius 2 is 2.33 bits per heavy atom. The van der Waals surface area contributed by atoms with Crippen molar-refractivity contribution in [3.05, 3.63) is 40.4 Å². The maximum absolute atomic E-state index is 11.4. The lowest BCUT2D eigenvalue weighted by molar-refractivity contribution is -0.139. The van der Waals surface area contributed by atoms with Gasteiger partial charge in [0.2, 0.25) is 0 Å². The number of pyridine rings is 1. The Balaban J connectivity index is 2.43. The molecule has 0 unspecified atom stereocenters. The summed E-state index contributed by atoms with van der Waals surface area (Å²) in [6, 6.07) is 4.89. The first-order valence-electron chi connectivity index (χ1n) is 4.47. The Morgan fingerprint density at radius 3 is 3.00 bits per heavy atom. The minimum absolute atomic E-state index is 0.125. The second-order valence-corrected chi connectivity index (χ2v) is 3.15. The van der Waals surface area contributed by atoms with E-state index >= 15 is 0 Å². The first kappa shape index (κ1) is 9.51. The monoisotopic (exact) mass is 206 g/mol. The van der Waals surface area contributed by atoms with E-state index in [-0.39, 0.29) is 17.9 Å². The molecule has 2 rings (SSSR count). The van der Waals surface area contributed by atoms with Gasteiger partial charge in [0, 0.05) is 18.0 Å².